The minimum atomic E-state index is -0.219. The second-order valence-corrected chi connectivity index (χ2v) is 4.14. The summed E-state index contributed by atoms with van der Waals surface area (Å²) in [6, 6.07) is 3.13. The summed E-state index contributed by atoms with van der Waals surface area (Å²) in [5.74, 6) is 0.486. The maximum absolute atomic E-state index is 11.7. The van der Waals surface area contributed by atoms with E-state index in [0.29, 0.717) is 24.9 Å². The highest BCUT2D eigenvalue weighted by Gasteiger charge is 2.15. The van der Waals surface area contributed by atoms with Crippen LogP contribution in [0.5, 0.6) is 0 Å². The molecule has 0 aliphatic carbocycles. The normalized spacial score (nSPS) is 19.9. The number of nitrogen functional groups attached to an aromatic ring is 1. The first-order valence-corrected chi connectivity index (χ1v) is 5.71. The molecule has 6 heteroatoms. The first-order chi connectivity index (χ1) is 8.25. The first kappa shape index (κ1) is 11.8. The Morgan fingerprint density at radius 3 is 3.06 bits per heavy atom. The molecule has 92 valence electrons. The zero-order chi connectivity index (χ0) is 12.1. The number of nitrogens with two attached hydrogens (primary N) is 1. The molecule has 3 N–H and O–H groups in total. The largest absolute Gasteiger partial charge is 0.382 e. The van der Waals surface area contributed by atoms with Gasteiger partial charge in [-0.05, 0) is 30.9 Å². The Labute approximate surface area is 99.6 Å². The molecule has 1 amide bonds. The smallest absolute Gasteiger partial charge is 0.271 e. The average Bonchev–Trinajstić information content (AvgIpc) is 2.38. The lowest BCUT2D eigenvalue weighted by Gasteiger charge is -2.21. The van der Waals surface area contributed by atoms with Crippen LogP contribution in [0.2, 0.25) is 0 Å². The van der Waals surface area contributed by atoms with Gasteiger partial charge in [0.05, 0.1) is 6.61 Å². The van der Waals surface area contributed by atoms with Crippen LogP contribution in [0.25, 0.3) is 0 Å². The number of nitrogens with one attached hydrogen (secondary N) is 1. The maximum Gasteiger partial charge on any atom is 0.271 e. The van der Waals surface area contributed by atoms with Gasteiger partial charge >= 0.3 is 0 Å². The number of carbonyl (C=O) groups excluding carboxylic acids is 1. The number of hydrogen-bond donors (Lipinski definition) is 2. The van der Waals surface area contributed by atoms with E-state index < -0.39 is 0 Å². The highest BCUT2D eigenvalue weighted by Crippen LogP contribution is 2.12. The minimum Gasteiger partial charge on any atom is -0.382 e. The van der Waals surface area contributed by atoms with Gasteiger partial charge in [0.1, 0.15) is 5.82 Å². The molecule has 2 rings (SSSR count). The monoisotopic (exact) mass is 236 g/mol. The van der Waals surface area contributed by atoms with Crippen molar-refractivity contribution in [3.8, 4) is 0 Å². The summed E-state index contributed by atoms with van der Waals surface area (Å²) in [5.41, 5.74) is 5.68. The average molecular weight is 236 g/mol. The number of hydrogen-bond acceptors (Lipinski definition) is 5. The molecule has 1 aliphatic rings. The van der Waals surface area contributed by atoms with Crippen LogP contribution in [0.1, 0.15) is 23.3 Å². The van der Waals surface area contributed by atoms with E-state index >= 15 is 0 Å². The molecule has 17 heavy (non-hydrogen) atoms. The zero-order valence-corrected chi connectivity index (χ0v) is 9.56. The number of rotatable bonds is 3. The Morgan fingerprint density at radius 2 is 2.41 bits per heavy atom. The number of ether oxygens (including phenoxy) is 1. The van der Waals surface area contributed by atoms with Crippen molar-refractivity contribution in [2.75, 3.05) is 25.5 Å². The fourth-order valence-electron chi connectivity index (χ4n) is 1.76. The number of carbonyl (C=O) groups is 1. The van der Waals surface area contributed by atoms with Gasteiger partial charge < -0.3 is 15.8 Å². The predicted molar refractivity (Wildman–Crippen MR) is 62.3 cm³/mol. The van der Waals surface area contributed by atoms with Crippen molar-refractivity contribution in [2.24, 2.45) is 5.92 Å². The van der Waals surface area contributed by atoms with Gasteiger partial charge in [0, 0.05) is 13.2 Å². The van der Waals surface area contributed by atoms with Crippen molar-refractivity contribution in [3.05, 3.63) is 17.8 Å². The molecule has 2 heterocycles. The molecule has 0 saturated carbocycles. The van der Waals surface area contributed by atoms with E-state index in [4.69, 9.17) is 10.5 Å². The van der Waals surface area contributed by atoms with Crippen LogP contribution in [0.4, 0.5) is 5.82 Å². The molecule has 0 aromatic carbocycles. The third-order valence-electron chi connectivity index (χ3n) is 2.72. The van der Waals surface area contributed by atoms with E-state index in [1.807, 2.05) is 0 Å². The summed E-state index contributed by atoms with van der Waals surface area (Å²) in [6.07, 6.45) is 2.15. The Kier molecular flexibility index (Phi) is 3.87. The van der Waals surface area contributed by atoms with Crippen molar-refractivity contribution < 1.29 is 9.53 Å². The number of amides is 1. The second kappa shape index (κ2) is 5.58. The van der Waals surface area contributed by atoms with E-state index in [2.05, 4.69) is 15.5 Å². The van der Waals surface area contributed by atoms with Crippen LogP contribution in [0.3, 0.4) is 0 Å². The van der Waals surface area contributed by atoms with Crippen molar-refractivity contribution >= 4 is 11.7 Å². The quantitative estimate of drug-likeness (QED) is 0.783. The summed E-state index contributed by atoms with van der Waals surface area (Å²) in [6.45, 7) is 2.16. The van der Waals surface area contributed by atoms with Gasteiger partial charge in [0.25, 0.3) is 5.91 Å². The molecule has 6 nitrogen and oxygen atoms in total. The summed E-state index contributed by atoms with van der Waals surface area (Å²) in [7, 11) is 0. The number of anilines is 1. The van der Waals surface area contributed by atoms with Crippen LogP contribution in [0, 0.1) is 5.92 Å². The molecule has 1 atom stereocenters. The Bertz CT molecular complexity index is 374. The fraction of sp³-hybridized carbons (Fsp3) is 0.545. The molecule has 0 spiro atoms. The first-order valence-electron chi connectivity index (χ1n) is 5.71. The van der Waals surface area contributed by atoms with E-state index in [9.17, 15) is 4.79 Å². The van der Waals surface area contributed by atoms with Crippen molar-refractivity contribution in [2.45, 2.75) is 12.8 Å². The van der Waals surface area contributed by atoms with Gasteiger partial charge in [0.2, 0.25) is 0 Å². The van der Waals surface area contributed by atoms with Gasteiger partial charge in [-0.1, -0.05) is 0 Å². The summed E-state index contributed by atoms with van der Waals surface area (Å²) in [4.78, 5) is 11.7. The predicted octanol–water partition coefficient (Wildman–Crippen LogP) is 0.215. The molecule has 0 bridgehead atoms. The highest BCUT2D eigenvalue weighted by molar-refractivity contribution is 5.92. The van der Waals surface area contributed by atoms with Crippen LogP contribution in [-0.4, -0.2) is 35.9 Å². The molecule has 1 aromatic rings. The number of aromatic nitrogens is 2. The van der Waals surface area contributed by atoms with Gasteiger partial charge in [0.15, 0.2) is 5.69 Å². The standard InChI is InChI=1S/C11H16N4O2/c12-10-4-3-9(14-15-10)11(16)13-6-8-2-1-5-17-7-8/h3-4,8H,1-2,5-7H2,(H2,12,15)(H,13,16). The zero-order valence-electron chi connectivity index (χ0n) is 9.56. The summed E-state index contributed by atoms with van der Waals surface area (Å²) in [5, 5.41) is 10.2. The molecule has 1 aromatic heterocycles. The van der Waals surface area contributed by atoms with Crippen LogP contribution < -0.4 is 11.1 Å². The van der Waals surface area contributed by atoms with E-state index in [-0.39, 0.29) is 11.6 Å². The molecule has 1 fully saturated rings. The van der Waals surface area contributed by atoms with E-state index in [1.54, 1.807) is 12.1 Å². The van der Waals surface area contributed by atoms with Crippen LogP contribution in [0.15, 0.2) is 12.1 Å². The molecular weight excluding hydrogens is 220 g/mol. The second-order valence-electron chi connectivity index (χ2n) is 4.14. The molecule has 0 radical (unpaired) electrons. The SMILES string of the molecule is Nc1ccc(C(=O)NCC2CCCOC2)nn1. The van der Waals surface area contributed by atoms with Crippen LogP contribution in [-0.2, 0) is 4.74 Å². The van der Waals surface area contributed by atoms with Crippen molar-refractivity contribution in [3.63, 3.8) is 0 Å². The number of nitrogens with zero attached hydrogens (tertiary/aromatic N) is 2. The van der Waals surface area contributed by atoms with Crippen molar-refractivity contribution in [1.82, 2.24) is 15.5 Å². The molecule has 1 unspecified atom stereocenters. The Hall–Kier alpha value is -1.69. The van der Waals surface area contributed by atoms with Gasteiger partial charge in [-0.2, -0.15) is 0 Å². The minimum absolute atomic E-state index is 0.219. The van der Waals surface area contributed by atoms with Gasteiger partial charge in [-0.3, -0.25) is 4.79 Å². The van der Waals surface area contributed by atoms with Crippen LogP contribution >= 0.6 is 0 Å². The third kappa shape index (κ3) is 3.39. The summed E-state index contributed by atoms with van der Waals surface area (Å²) < 4.78 is 5.34. The summed E-state index contributed by atoms with van der Waals surface area (Å²) >= 11 is 0. The van der Waals surface area contributed by atoms with E-state index in [0.717, 1.165) is 19.4 Å². The van der Waals surface area contributed by atoms with Gasteiger partial charge in [-0.25, -0.2) is 0 Å². The topological polar surface area (TPSA) is 90.1 Å². The molecular formula is C11H16N4O2. The molecule has 1 aliphatic heterocycles. The van der Waals surface area contributed by atoms with Gasteiger partial charge in [-0.15, -0.1) is 10.2 Å². The lowest BCUT2D eigenvalue weighted by atomic mass is 10.0. The lowest BCUT2D eigenvalue weighted by Crippen LogP contribution is -2.33. The Morgan fingerprint density at radius 1 is 1.53 bits per heavy atom. The lowest BCUT2D eigenvalue weighted by molar-refractivity contribution is 0.0535. The van der Waals surface area contributed by atoms with Crippen molar-refractivity contribution in [1.29, 1.82) is 0 Å². The highest BCUT2D eigenvalue weighted by atomic mass is 16.5. The maximum atomic E-state index is 11.7. The molecule has 1 saturated heterocycles. The van der Waals surface area contributed by atoms with E-state index in [1.165, 1.54) is 0 Å². The Balaban J connectivity index is 1.82. The fourth-order valence-corrected chi connectivity index (χ4v) is 1.76. The third-order valence-corrected chi connectivity index (χ3v) is 2.72.